The van der Waals surface area contributed by atoms with Crippen LogP contribution in [0, 0.1) is 17.8 Å². The maximum atomic E-state index is 9.05. The van der Waals surface area contributed by atoms with Crippen LogP contribution in [0.4, 0.5) is 0 Å². The molecule has 0 radical (unpaired) electrons. The smallest absolute Gasteiger partial charge is 0.114 e. The second-order valence-corrected chi connectivity index (χ2v) is 2.37. The largest absolute Gasteiger partial charge is 0.380 e. The average Bonchev–Trinajstić information content (AvgIpc) is 2.01. The summed E-state index contributed by atoms with van der Waals surface area (Å²) in [5.74, 6) is 5.73. The van der Waals surface area contributed by atoms with E-state index in [1.807, 2.05) is 13.8 Å². The highest BCUT2D eigenvalue weighted by Crippen LogP contribution is 1.93. The molecular formula is C10H14O. The van der Waals surface area contributed by atoms with Gasteiger partial charge >= 0.3 is 0 Å². The number of aliphatic hydroxyl groups is 1. The molecule has 60 valence electrons. The fraction of sp³-hybridized carbons (Fsp3) is 0.500. The lowest BCUT2D eigenvalue weighted by atomic mass is 10.1. The van der Waals surface area contributed by atoms with E-state index in [9.17, 15) is 0 Å². The lowest BCUT2D eigenvalue weighted by molar-refractivity contribution is 0.228. The molecule has 0 aromatic rings. The Bertz CT molecular complexity index is 201. The van der Waals surface area contributed by atoms with Crippen molar-refractivity contribution in [1.82, 2.24) is 0 Å². The summed E-state index contributed by atoms with van der Waals surface area (Å²) < 4.78 is 0. The van der Waals surface area contributed by atoms with Gasteiger partial charge in [-0.1, -0.05) is 25.3 Å². The van der Waals surface area contributed by atoms with E-state index in [4.69, 9.17) is 5.11 Å². The summed E-state index contributed by atoms with van der Waals surface area (Å²) >= 11 is 0. The highest BCUT2D eigenvalue weighted by Gasteiger charge is 1.92. The van der Waals surface area contributed by atoms with Crippen LogP contribution < -0.4 is 0 Å². The van der Waals surface area contributed by atoms with E-state index in [-0.39, 0.29) is 5.92 Å². The van der Waals surface area contributed by atoms with E-state index < -0.39 is 6.10 Å². The van der Waals surface area contributed by atoms with Gasteiger partial charge in [0.15, 0.2) is 0 Å². The fourth-order valence-electron chi connectivity index (χ4n) is 0.548. The first-order valence-corrected chi connectivity index (χ1v) is 3.75. The van der Waals surface area contributed by atoms with Gasteiger partial charge in [-0.2, -0.15) is 0 Å². The molecule has 0 aromatic heterocycles. The maximum Gasteiger partial charge on any atom is 0.114 e. The van der Waals surface area contributed by atoms with Crippen molar-refractivity contribution in [2.24, 2.45) is 5.92 Å². The van der Waals surface area contributed by atoms with E-state index in [2.05, 4.69) is 24.2 Å². The van der Waals surface area contributed by atoms with Gasteiger partial charge in [0.2, 0.25) is 0 Å². The van der Waals surface area contributed by atoms with Crippen molar-refractivity contribution in [3.05, 3.63) is 18.4 Å². The highest BCUT2D eigenvalue weighted by atomic mass is 16.3. The molecule has 11 heavy (non-hydrogen) atoms. The van der Waals surface area contributed by atoms with Crippen LogP contribution in [0.25, 0.3) is 0 Å². The molecule has 0 amide bonds. The van der Waals surface area contributed by atoms with Gasteiger partial charge in [-0.15, -0.1) is 5.73 Å². The van der Waals surface area contributed by atoms with Gasteiger partial charge < -0.3 is 5.11 Å². The second-order valence-electron chi connectivity index (χ2n) is 2.37. The third-order valence-corrected chi connectivity index (χ3v) is 1.23. The molecule has 0 spiro atoms. The topological polar surface area (TPSA) is 20.2 Å². The van der Waals surface area contributed by atoms with Crippen molar-refractivity contribution in [3.8, 4) is 11.8 Å². The maximum absolute atomic E-state index is 9.05. The number of hydrogen-bond donors (Lipinski definition) is 1. The fourth-order valence-corrected chi connectivity index (χ4v) is 0.548. The van der Waals surface area contributed by atoms with Gasteiger partial charge in [-0.25, -0.2) is 0 Å². The Hall–Kier alpha value is -0.960. The van der Waals surface area contributed by atoms with Crippen LogP contribution in [0.2, 0.25) is 0 Å². The summed E-state index contributed by atoms with van der Waals surface area (Å²) in [5, 5.41) is 9.05. The number of hydrogen-bond acceptors (Lipinski definition) is 1. The normalized spacial score (nSPS) is 13.7. The zero-order chi connectivity index (χ0) is 8.69. The van der Waals surface area contributed by atoms with Crippen molar-refractivity contribution in [2.75, 3.05) is 0 Å². The van der Waals surface area contributed by atoms with Crippen LogP contribution in [0.5, 0.6) is 0 Å². The average molecular weight is 150 g/mol. The Kier molecular flexibility index (Phi) is 5.29. The van der Waals surface area contributed by atoms with Crippen molar-refractivity contribution < 1.29 is 5.11 Å². The molecule has 0 aliphatic heterocycles. The molecule has 0 fully saturated rings. The Balaban J connectivity index is 3.95. The lowest BCUT2D eigenvalue weighted by Crippen LogP contribution is -1.99. The Labute approximate surface area is 68.4 Å². The first kappa shape index (κ1) is 10.0. The third-order valence-electron chi connectivity index (χ3n) is 1.23. The van der Waals surface area contributed by atoms with Gasteiger partial charge in [-0.3, -0.25) is 0 Å². The molecule has 0 saturated heterocycles. The van der Waals surface area contributed by atoms with Crippen LogP contribution in [0.1, 0.15) is 20.3 Å². The van der Waals surface area contributed by atoms with E-state index in [1.54, 1.807) is 6.08 Å². The Morgan fingerprint density at radius 1 is 1.55 bits per heavy atom. The summed E-state index contributed by atoms with van der Waals surface area (Å²) in [5.41, 5.74) is 2.65. The quantitative estimate of drug-likeness (QED) is 0.469. The molecule has 0 heterocycles. The number of rotatable bonds is 2. The van der Waals surface area contributed by atoms with Crippen molar-refractivity contribution in [3.63, 3.8) is 0 Å². The summed E-state index contributed by atoms with van der Waals surface area (Å²) in [4.78, 5) is 0. The summed E-state index contributed by atoms with van der Waals surface area (Å²) in [6.45, 7) is 7.27. The standard InChI is InChI=1S/C10H14O/c1-4-6-9(3)7-8-10(11)5-2/h6,9-11H,1,5H2,2-3H3. The summed E-state index contributed by atoms with van der Waals surface area (Å²) in [6, 6.07) is 0. The Morgan fingerprint density at radius 3 is 2.64 bits per heavy atom. The summed E-state index contributed by atoms with van der Waals surface area (Å²) in [6.07, 6.45) is 1.96. The molecule has 1 heteroatoms. The summed E-state index contributed by atoms with van der Waals surface area (Å²) in [7, 11) is 0. The molecule has 1 N–H and O–H groups in total. The van der Waals surface area contributed by atoms with Gasteiger partial charge in [0.1, 0.15) is 6.10 Å². The van der Waals surface area contributed by atoms with E-state index in [1.165, 1.54) is 0 Å². The van der Waals surface area contributed by atoms with Gasteiger partial charge in [0, 0.05) is 5.92 Å². The number of aliphatic hydroxyl groups excluding tert-OH is 1. The minimum atomic E-state index is -0.490. The van der Waals surface area contributed by atoms with Crippen LogP contribution in [0.15, 0.2) is 18.4 Å². The second kappa shape index (κ2) is 5.80. The monoisotopic (exact) mass is 150 g/mol. The van der Waals surface area contributed by atoms with Crippen molar-refractivity contribution >= 4 is 0 Å². The minimum absolute atomic E-state index is 0.133. The Morgan fingerprint density at radius 2 is 2.18 bits per heavy atom. The molecule has 2 unspecified atom stereocenters. The van der Waals surface area contributed by atoms with Gasteiger partial charge in [-0.05, 0) is 19.4 Å². The van der Waals surface area contributed by atoms with Crippen molar-refractivity contribution in [2.45, 2.75) is 26.4 Å². The molecule has 0 aliphatic carbocycles. The van der Waals surface area contributed by atoms with Crippen LogP contribution in [0.3, 0.4) is 0 Å². The van der Waals surface area contributed by atoms with Crippen molar-refractivity contribution in [1.29, 1.82) is 0 Å². The zero-order valence-corrected chi connectivity index (χ0v) is 7.09. The van der Waals surface area contributed by atoms with E-state index in [0.29, 0.717) is 6.42 Å². The minimum Gasteiger partial charge on any atom is -0.380 e. The molecule has 1 nitrogen and oxygen atoms in total. The number of allylic oxidation sites excluding steroid dienone is 1. The highest BCUT2D eigenvalue weighted by molar-refractivity contribution is 5.11. The third kappa shape index (κ3) is 5.48. The first-order valence-electron chi connectivity index (χ1n) is 3.75. The zero-order valence-electron chi connectivity index (χ0n) is 7.09. The lowest BCUT2D eigenvalue weighted by Gasteiger charge is -1.95. The van der Waals surface area contributed by atoms with Gasteiger partial charge in [0.05, 0.1) is 0 Å². The molecular weight excluding hydrogens is 136 g/mol. The molecule has 0 rings (SSSR count). The first-order chi connectivity index (χ1) is 5.20. The molecule has 2 atom stereocenters. The van der Waals surface area contributed by atoms with Crippen LogP contribution in [-0.4, -0.2) is 11.2 Å². The predicted molar refractivity (Wildman–Crippen MR) is 46.9 cm³/mol. The predicted octanol–water partition coefficient (Wildman–Crippen LogP) is 1.74. The van der Waals surface area contributed by atoms with Crippen LogP contribution in [-0.2, 0) is 0 Å². The SMILES string of the molecule is C=C=CC(C)C#CC(O)CC. The van der Waals surface area contributed by atoms with E-state index >= 15 is 0 Å². The van der Waals surface area contributed by atoms with Gasteiger partial charge in [0.25, 0.3) is 0 Å². The molecule has 0 bridgehead atoms. The molecule has 0 saturated carbocycles. The van der Waals surface area contributed by atoms with Crippen LogP contribution >= 0.6 is 0 Å². The van der Waals surface area contributed by atoms with E-state index in [0.717, 1.165) is 0 Å². The molecule has 0 aromatic carbocycles. The molecule has 0 aliphatic rings.